The Kier molecular flexibility index (Phi) is 7.18. The largest absolute Gasteiger partial charge is 0.480 e. The van der Waals surface area contributed by atoms with Crippen molar-refractivity contribution in [3.05, 3.63) is 59.7 Å². The van der Waals surface area contributed by atoms with E-state index in [1.54, 1.807) is 0 Å². The zero-order chi connectivity index (χ0) is 23.3. The predicted octanol–water partition coefficient (Wildman–Crippen LogP) is 3.92. The molecule has 0 radical (unpaired) electrons. The van der Waals surface area contributed by atoms with Gasteiger partial charge in [-0.2, -0.15) is 0 Å². The van der Waals surface area contributed by atoms with Crippen LogP contribution in [-0.2, 0) is 14.3 Å². The van der Waals surface area contributed by atoms with E-state index in [0.29, 0.717) is 13.0 Å². The second kappa shape index (κ2) is 9.85. The average Bonchev–Trinajstić information content (AvgIpc) is 3.05. The first-order valence-electron chi connectivity index (χ1n) is 10.8. The van der Waals surface area contributed by atoms with Crippen LogP contribution < -0.4 is 10.6 Å². The highest BCUT2D eigenvalue weighted by Crippen LogP contribution is 2.44. The van der Waals surface area contributed by atoms with Crippen LogP contribution in [0.1, 0.15) is 50.7 Å². The van der Waals surface area contributed by atoms with Crippen molar-refractivity contribution >= 4 is 18.0 Å². The number of carbonyl (C=O) groups is 3. The van der Waals surface area contributed by atoms with Crippen LogP contribution in [0.15, 0.2) is 48.5 Å². The molecule has 0 aliphatic heterocycles. The van der Waals surface area contributed by atoms with Gasteiger partial charge in [0.1, 0.15) is 12.1 Å². The van der Waals surface area contributed by atoms with E-state index in [1.807, 2.05) is 31.2 Å². The molecule has 0 saturated heterocycles. The van der Waals surface area contributed by atoms with E-state index in [4.69, 9.17) is 9.84 Å². The summed E-state index contributed by atoms with van der Waals surface area (Å²) < 4.78 is 5.50. The van der Waals surface area contributed by atoms with Gasteiger partial charge in [0.25, 0.3) is 0 Å². The number of carboxylic acids is 1. The Bertz CT molecular complexity index is 956. The van der Waals surface area contributed by atoms with Crippen molar-refractivity contribution in [1.82, 2.24) is 10.6 Å². The standard InChI is InChI=1S/C25H30N2O5/c1-16(14-22(28)27-25(2,3)23(29)30)12-13-26-24(31)32-15-21-19-10-6-4-8-17(19)18-9-5-7-11-20(18)21/h4-11,16,21H,12-15H2,1-3H3,(H,26,31)(H,27,28)(H,29,30). The summed E-state index contributed by atoms with van der Waals surface area (Å²) in [7, 11) is 0. The third kappa shape index (κ3) is 5.46. The molecule has 7 nitrogen and oxygen atoms in total. The van der Waals surface area contributed by atoms with Gasteiger partial charge in [-0.05, 0) is 48.4 Å². The van der Waals surface area contributed by atoms with Crippen LogP contribution in [0.2, 0.25) is 0 Å². The molecular weight excluding hydrogens is 408 g/mol. The van der Waals surface area contributed by atoms with Crippen molar-refractivity contribution in [2.45, 2.75) is 45.1 Å². The molecule has 0 fully saturated rings. The summed E-state index contributed by atoms with van der Waals surface area (Å²) in [6, 6.07) is 16.3. The molecule has 3 rings (SSSR count). The molecule has 1 unspecified atom stereocenters. The van der Waals surface area contributed by atoms with Crippen molar-refractivity contribution in [1.29, 1.82) is 0 Å². The number of rotatable bonds is 9. The van der Waals surface area contributed by atoms with Gasteiger partial charge in [-0.3, -0.25) is 4.79 Å². The second-order valence-electron chi connectivity index (χ2n) is 8.83. The summed E-state index contributed by atoms with van der Waals surface area (Å²) in [5, 5.41) is 14.3. The molecule has 0 bridgehead atoms. The van der Waals surface area contributed by atoms with Crippen LogP contribution in [0.5, 0.6) is 0 Å². The van der Waals surface area contributed by atoms with Crippen LogP contribution in [0.3, 0.4) is 0 Å². The van der Waals surface area contributed by atoms with Gasteiger partial charge in [0.05, 0.1) is 0 Å². The number of carbonyl (C=O) groups excluding carboxylic acids is 2. The zero-order valence-electron chi connectivity index (χ0n) is 18.7. The molecule has 0 aromatic heterocycles. The van der Waals surface area contributed by atoms with Gasteiger partial charge in [-0.1, -0.05) is 55.5 Å². The highest BCUT2D eigenvalue weighted by Gasteiger charge is 2.30. The lowest BCUT2D eigenvalue weighted by molar-refractivity contribution is -0.146. The van der Waals surface area contributed by atoms with Gasteiger partial charge in [-0.15, -0.1) is 0 Å². The Hall–Kier alpha value is -3.35. The minimum absolute atomic E-state index is 0.00774. The second-order valence-corrected chi connectivity index (χ2v) is 8.83. The average molecular weight is 439 g/mol. The van der Waals surface area contributed by atoms with Crippen molar-refractivity contribution in [3.8, 4) is 11.1 Å². The molecule has 170 valence electrons. The third-order valence-electron chi connectivity index (χ3n) is 5.77. The Morgan fingerprint density at radius 3 is 2.16 bits per heavy atom. The van der Waals surface area contributed by atoms with E-state index in [-0.39, 0.29) is 30.8 Å². The van der Waals surface area contributed by atoms with Crippen LogP contribution >= 0.6 is 0 Å². The monoisotopic (exact) mass is 438 g/mol. The SMILES string of the molecule is CC(CCNC(=O)OCC1c2ccccc2-c2ccccc21)CC(=O)NC(C)(C)C(=O)O. The Morgan fingerprint density at radius 1 is 1.03 bits per heavy atom. The van der Waals surface area contributed by atoms with Crippen molar-refractivity contribution in [3.63, 3.8) is 0 Å². The summed E-state index contributed by atoms with van der Waals surface area (Å²) in [4.78, 5) is 35.4. The molecule has 0 saturated carbocycles. The highest BCUT2D eigenvalue weighted by atomic mass is 16.5. The first kappa shape index (κ1) is 23.3. The number of aliphatic carboxylic acids is 1. The number of amides is 2. The maximum absolute atomic E-state index is 12.2. The van der Waals surface area contributed by atoms with Gasteiger partial charge in [0.15, 0.2) is 0 Å². The first-order chi connectivity index (χ1) is 15.2. The summed E-state index contributed by atoms with van der Waals surface area (Å²) in [6.45, 7) is 5.38. The van der Waals surface area contributed by atoms with Crippen LogP contribution in [0.4, 0.5) is 4.79 Å². The lowest BCUT2D eigenvalue weighted by Crippen LogP contribution is -2.50. The fourth-order valence-corrected chi connectivity index (χ4v) is 3.94. The summed E-state index contributed by atoms with van der Waals surface area (Å²) >= 11 is 0. The van der Waals surface area contributed by atoms with Crippen molar-refractivity contribution in [2.75, 3.05) is 13.2 Å². The van der Waals surface area contributed by atoms with Gasteiger partial charge < -0.3 is 20.5 Å². The Balaban J connectivity index is 1.43. The maximum Gasteiger partial charge on any atom is 0.407 e. The molecule has 32 heavy (non-hydrogen) atoms. The number of benzene rings is 2. The van der Waals surface area contributed by atoms with Crippen LogP contribution in [0, 0.1) is 5.92 Å². The number of hydrogen-bond acceptors (Lipinski definition) is 4. The van der Waals surface area contributed by atoms with Gasteiger partial charge in [0, 0.05) is 18.9 Å². The smallest absolute Gasteiger partial charge is 0.407 e. The number of carboxylic acid groups (broad SMARTS) is 1. The third-order valence-corrected chi connectivity index (χ3v) is 5.77. The summed E-state index contributed by atoms with van der Waals surface area (Å²) in [5.41, 5.74) is 3.36. The number of fused-ring (bicyclic) bond motifs is 3. The first-order valence-corrected chi connectivity index (χ1v) is 10.8. The van der Waals surface area contributed by atoms with Crippen molar-refractivity contribution < 1.29 is 24.2 Å². The molecule has 7 heteroatoms. The molecule has 2 aromatic rings. The topological polar surface area (TPSA) is 105 Å². The molecule has 3 N–H and O–H groups in total. The molecule has 2 aromatic carbocycles. The lowest BCUT2D eigenvalue weighted by atomic mass is 9.98. The van der Waals surface area contributed by atoms with E-state index in [1.165, 1.54) is 25.0 Å². The van der Waals surface area contributed by atoms with Crippen LogP contribution in [-0.4, -0.2) is 41.8 Å². The van der Waals surface area contributed by atoms with Crippen LogP contribution in [0.25, 0.3) is 11.1 Å². The molecule has 0 heterocycles. The van der Waals surface area contributed by atoms with Crippen molar-refractivity contribution in [2.24, 2.45) is 5.92 Å². The van der Waals surface area contributed by atoms with E-state index in [2.05, 4.69) is 34.9 Å². The highest BCUT2D eigenvalue weighted by molar-refractivity contribution is 5.86. The molecule has 0 spiro atoms. The molecule has 1 aliphatic rings. The van der Waals surface area contributed by atoms with Gasteiger partial charge >= 0.3 is 12.1 Å². The van der Waals surface area contributed by atoms with E-state index < -0.39 is 17.6 Å². The van der Waals surface area contributed by atoms with Gasteiger partial charge in [-0.25, -0.2) is 9.59 Å². The molecule has 2 amide bonds. The van der Waals surface area contributed by atoms with E-state index in [9.17, 15) is 14.4 Å². The summed E-state index contributed by atoms with van der Waals surface area (Å²) in [6.07, 6.45) is 0.268. The van der Waals surface area contributed by atoms with E-state index >= 15 is 0 Å². The molecular formula is C25H30N2O5. The van der Waals surface area contributed by atoms with Gasteiger partial charge in [0.2, 0.25) is 5.91 Å². The Morgan fingerprint density at radius 2 is 1.59 bits per heavy atom. The minimum atomic E-state index is -1.31. The lowest BCUT2D eigenvalue weighted by Gasteiger charge is -2.22. The number of alkyl carbamates (subject to hydrolysis) is 1. The summed E-state index contributed by atoms with van der Waals surface area (Å²) in [5.74, 6) is -1.43. The fraction of sp³-hybridized carbons (Fsp3) is 0.400. The Labute approximate surface area is 188 Å². The molecule has 1 atom stereocenters. The van der Waals surface area contributed by atoms with E-state index in [0.717, 1.165) is 11.1 Å². The number of hydrogen-bond donors (Lipinski definition) is 3. The normalized spacial score (nSPS) is 13.6. The quantitative estimate of drug-likeness (QED) is 0.550. The fourth-order valence-electron chi connectivity index (χ4n) is 3.94. The predicted molar refractivity (Wildman–Crippen MR) is 121 cm³/mol. The zero-order valence-corrected chi connectivity index (χ0v) is 18.7. The number of ether oxygens (including phenoxy) is 1. The minimum Gasteiger partial charge on any atom is -0.480 e. The molecule has 1 aliphatic carbocycles. The maximum atomic E-state index is 12.2. The number of nitrogens with one attached hydrogen (secondary N) is 2.